The van der Waals surface area contributed by atoms with Gasteiger partial charge in [0.1, 0.15) is 0 Å². The van der Waals surface area contributed by atoms with Gasteiger partial charge < -0.3 is 4.74 Å². The summed E-state index contributed by atoms with van der Waals surface area (Å²) >= 11 is 0. The molecule has 1 heterocycles. The second-order valence-electron chi connectivity index (χ2n) is 5.25. The van der Waals surface area contributed by atoms with Crippen LogP contribution in [0.4, 0.5) is 13.2 Å². The van der Waals surface area contributed by atoms with Crippen LogP contribution in [0.5, 0.6) is 0 Å². The quantitative estimate of drug-likeness (QED) is 0.803. The summed E-state index contributed by atoms with van der Waals surface area (Å²) in [6.45, 7) is 1.87. The summed E-state index contributed by atoms with van der Waals surface area (Å²) in [7, 11) is 1.20. The third kappa shape index (κ3) is 4.01. The molecule has 8 heteroatoms. The highest BCUT2D eigenvalue weighted by Gasteiger charge is 2.30. The molecule has 0 N–H and O–H groups in total. The van der Waals surface area contributed by atoms with Crippen molar-refractivity contribution in [3.63, 3.8) is 0 Å². The smallest absolute Gasteiger partial charge is 0.416 e. The van der Waals surface area contributed by atoms with Crippen LogP contribution in [0.25, 0.3) is 0 Å². The standard InChI is InChI=1S/C16H15F3N2O3/c1-10(11-3-5-12(6-4-11)16(17,18)19)9-21-14(22)8-7-13(20-21)15(23)24-2/h3-8,10H,9H2,1-2H3/t10-/m0/s1. The molecule has 0 unspecified atom stereocenters. The van der Waals surface area contributed by atoms with Gasteiger partial charge in [0.05, 0.1) is 19.2 Å². The second-order valence-corrected chi connectivity index (χ2v) is 5.25. The maximum Gasteiger partial charge on any atom is 0.416 e. The van der Waals surface area contributed by atoms with Crippen molar-refractivity contribution in [3.05, 3.63) is 63.6 Å². The Hall–Kier alpha value is -2.64. The molecule has 0 fully saturated rings. The molecule has 0 aliphatic heterocycles. The topological polar surface area (TPSA) is 61.2 Å². The van der Waals surface area contributed by atoms with E-state index in [4.69, 9.17) is 0 Å². The van der Waals surface area contributed by atoms with Crippen molar-refractivity contribution in [1.82, 2.24) is 9.78 Å². The Balaban J connectivity index is 2.22. The average molecular weight is 340 g/mol. The number of carbonyl (C=O) groups is 1. The Morgan fingerprint density at radius 2 is 1.83 bits per heavy atom. The Labute approximate surface area is 135 Å². The molecule has 1 atom stereocenters. The second kappa shape index (κ2) is 6.86. The lowest BCUT2D eigenvalue weighted by Gasteiger charge is -2.14. The fraction of sp³-hybridized carbons (Fsp3) is 0.312. The van der Waals surface area contributed by atoms with Crippen LogP contribution in [0.3, 0.4) is 0 Å². The van der Waals surface area contributed by atoms with Gasteiger partial charge in [-0.15, -0.1) is 0 Å². The number of esters is 1. The van der Waals surface area contributed by atoms with E-state index in [9.17, 15) is 22.8 Å². The van der Waals surface area contributed by atoms with Crippen molar-refractivity contribution < 1.29 is 22.7 Å². The Morgan fingerprint density at radius 3 is 2.38 bits per heavy atom. The number of benzene rings is 1. The number of carbonyl (C=O) groups excluding carboxylic acids is 1. The highest BCUT2D eigenvalue weighted by Crippen LogP contribution is 2.30. The first kappa shape index (κ1) is 17.7. The zero-order valence-corrected chi connectivity index (χ0v) is 13.0. The van der Waals surface area contributed by atoms with Crippen molar-refractivity contribution in [2.75, 3.05) is 7.11 Å². The minimum Gasteiger partial charge on any atom is -0.464 e. The first-order valence-corrected chi connectivity index (χ1v) is 7.06. The maximum absolute atomic E-state index is 12.6. The molecular formula is C16H15F3N2O3. The molecule has 128 valence electrons. The lowest BCUT2D eigenvalue weighted by Crippen LogP contribution is -2.26. The summed E-state index contributed by atoms with van der Waals surface area (Å²) in [5.41, 5.74) is -0.542. The number of hydrogen-bond donors (Lipinski definition) is 0. The largest absolute Gasteiger partial charge is 0.464 e. The molecule has 1 aromatic carbocycles. The van der Waals surface area contributed by atoms with Gasteiger partial charge in [-0.2, -0.15) is 18.3 Å². The van der Waals surface area contributed by atoms with Crippen molar-refractivity contribution in [1.29, 1.82) is 0 Å². The first-order valence-electron chi connectivity index (χ1n) is 7.06. The molecule has 0 aliphatic rings. The van der Waals surface area contributed by atoms with Crippen LogP contribution in [0, 0.1) is 0 Å². The van der Waals surface area contributed by atoms with Crippen molar-refractivity contribution >= 4 is 5.97 Å². The minimum absolute atomic E-state index is 0.0169. The monoisotopic (exact) mass is 340 g/mol. The molecule has 0 saturated heterocycles. The summed E-state index contributed by atoms with van der Waals surface area (Å²) in [6, 6.07) is 7.16. The molecule has 24 heavy (non-hydrogen) atoms. The van der Waals surface area contributed by atoms with Gasteiger partial charge in [-0.3, -0.25) is 4.79 Å². The summed E-state index contributed by atoms with van der Waals surface area (Å²) in [5.74, 6) is -0.948. The zero-order valence-electron chi connectivity index (χ0n) is 13.0. The highest BCUT2D eigenvalue weighted by atomic mass is 19.4. The zero-order chi connectivity index (χ0) is 17.9. The molecule has 2 aromatic rings. The van der Waals surface area contributed by atoms with E-state index in [1.165, 1.54) is 31.4 Å². The van der Waals surface area contributed by atoms with E-state index in [1.54, 1.807) is 6.92 Å². The predicted molar refractivity (Wildman–Crippen MR) is 79.7 cm³/mol. The number of alkyl halides is 3. The molecule has 0 bridgehead atoms. The van der Waals surface area contributed by atoms with Crippen molar-refractivity contribution in [3.8, 4) is 0 Å². The van der Waals surface area contributed by atoms with Crippen LogP contribution in [0.15, 0.2) is 41.2 Å². The SMILES string of the molecule is COC(=O)c1ccc(=O)n(C[C@H](C)c2ccc(C(F)(F)F)cc2)n1. The number of nitrogens with zero attached hydrogens (tertiary/aromatic N) is 2. The Morgan fingerprint density at radius 1 is 1.21 bits per heavy atom. The van der Waals surface area contributed by atoms with Crippen molar-refractivity contribution in [2.45, 2.75) is 25.6 Å². The van der Waals surface area contributed by atoms with E-state index in [0.29, 0.717) is 5.56 Å². The van der Waals surface area contributed by atoms with Crippen LogP contribution >= 0.6 is 0 Å². The molecule has 5 nitrogen and oxygen atoms in total. The number of aromatic nitrogens is 2. The number of rotatable bonds is 4. The van der Waals surface area contributed by atoms with E-state index < -0.39 is 23.3 Å². The van der Waals surface area contributed by atoms with Gasteiger partial charge in [-0.25, -0.2) is 9.48 Å². The van der Waals surface area contributed by atoms with Crippen LogP contribution in [-0.2, 0) is 17.5 Å². The molecule has 0 amide bonds. The van der Waals surface area contributed by atoms with Gasteiger partial charge in [-0.05, 0) is 23.8 Å². The molecule has 0 spiro atoms. The number of halogens is 3. The van der Waals surface area contributed by atoms with E-state index in [2.05, 4.69) is 9.84 Å². The van der Waals surface area contributed by atoms with Gasteiger partial charge in [0.2, 0.25) is 0 Å². The van der Waals surface area contributed by atoms with E-state index in [0.717, 1.165) is 16.8 Å². The molecule has 1 aromatic heterocycles. The van der Waals surface area contributed by atoms with Gasteiger partial charge >= 0.3 is 12.1 Å². The predicted octanol–water partition coefficient (Wildman–Crippen LogP) is 2.85. The van der Waals surface area contributed by atoms with Gasteiger partial charge in [0.15, 0.2) is 5.69 Å². The van der Waals surface area contributed by atoms with Crippen LogP contribution in [-0.4, -0.2) is 22.9 Å². The van der Waals surface area contributed by atoms with Gasteiger partial charge in [0.25, 0.3) is 5.56 Å². The normalized spacial score (nSPS) is 12.7. The Kier molecular flexibility index (Phi) is 5.06. The van der Waals surface area contributed by atoms with Crippen LogP contribution < -0.4 is 5.56 Å². The lowest BCUT2D eigenvalue weighted by atomic mass is 10.00. The molecule has 2 rings (SSSR count). The summed E-state index contributed by atoms with van der Waals surface area (Å²) in [4.78, 5) is 23.3. The van der Waals surface area contributed by atoms with Gasteiger partial charge in [-0.1, -0.05) is 19.1 Å². The highest BCUT2D eigenvalue weighted by molar-refractivity contribution is 5.86. The fourth-order valence-corrected chi connectivity index (χ4v) is 2.16. The number of ether oxygens (including phenoxy) is 1. The summed E-state index contributed by atoms with van der Waals surface area (Å²) in [5, 5.41) is 3.91. The van der Waals surface area contributed by atoms with E-state index >= 15 is 0 Å². The van der Waals surface area contributed by atoms with Crippen LogP contribution in [0.2, 0.25) is 0 Å². The third-order valence-corrected chi connectivity index (χ3v) is 3.51. The number of hydrogen-bond acceptors (Lipinski definition) is 4. The fourth-order valence-electron chi connectivity index (χ4n) is 2.16. The molecular weight excluding hydrogens is 325 g/mol. The average Bonchev–Trinajstić information content (AvgIpc) is 2.55. The summed E-state index contributed by atoms with van der Waals surface area (Å²) < 4.78 is 43.4. The molecule has 0 aliphatic carbocycles. The Bertz CT molecular complexity index is 782. The third-order valence-electron chi connectivity index (χ3n) is 3.51. The maximum atomic E-state index is 12.6. The lowest BCUT2D eigenvalue weighted by molar-refractivity contribution is -0.137. The van der Waals surface area contributed by atoms with Crippen LogP contribution in [0.1, 0.15) is 34.5 Å². The van der Waals surface area contributed by atoms with E-state index in [-0.39, 0.29) is 18.2 Å². The minimum atomic E-state index is -4.39. The van der Waals surface area contributed by atoms with Crippen molar-refractivity contribution in [2.24, 2.45) is 0 Å². The molecule has 0 radical (unpaired) electrons. The summed E-state index contributed by atoms with van der Waals surface area (Å²) in [6.07, 6.45) is -4.39. The molecule has 0 saturated carbocycles. The van der Waals surface area contributed by atoms with E-state index in [1.807, 2.05) is 0 Å². The van der Waals surface area contributed by atoms with Gasteiger partial charge in [0, 0.05) is 12.0 Å². The first-order chi connectivity index (χ1) is 11.2. The number of methoxy groups -OCH3 is 1.